The van der Waals surface area contributed by atoms with Gasteiger partial charge in [-0.1, -0.05) is 35.9 Å². The van der Waals surface area contributed by atoms with Gasteiger partial charge in [0.1, 0.15) is 18.0 Å². The van der Waals surface area contributed by atoms with Crippen LogP contribution in [0.4, 0.5) is 5.82 Å². The number of aromatic nitrogens is 5. The molecule has 0 saturated carbocycles. The maximum atomic E-state index is 13.5. The second-order valence-corrected chi connectivity index (χ2v) is 7.45. The molecule has 1 N–H and O–H groups in total. The molecule has 0 bridgehead atoms. The molecule has 2 aromatic carbocycles. The maximum absolute atomic E-state index is 13.5. The molecule has 3 heterocycles. The number of pyridine rings is 1. The van der Waals surface area contributed by atoms with Gasteiger partial charge in [0.05, 0.1) is 33.0 Å². The van der Waals surface area contributed by atoms with Gasteiger partial charge in [0.2, 0.25) is 0 Å². The van der Waals surface area contributed by atoms with Crippen molar-refractivity contribution < 1.29 is 0 Å². The molecule has 0 amide bonds. The Balaban J connectivity index is 1.71. The lowest BCUT2D eigenvalue weighted by molar-refractivity contribution is 0.732. The first-order valence-corrected chi connectivity index (χ1v) is 10.1. The van der Waals surface area contributed by atoms with Gasteiger partial charge in [-0.15, -0.1) is 0 Å². The number of anilines is 1. The zero-order valence-electron chi connectivity index (χ0n) is 16.5. The second-order valence-electron chi connectivity index (χ2n) is 7.04. The van der Waals surface area contributed by atoms with E-state index in [4.69, 9.17) is 16.6 Å². The molecule has 0 unspecified atom stereocenters. The van der Waals surface area contributed by atoms with Gasteiger partial charge in [0.25, 0.3) is 5.56 Å². The Hall–Kier alpha value is -3.84. The Morgan fingerprint density at radius 3 is 2.65 bits per heavy atom. The summed E-state index contributed by atoms with van der Waals surface area (Å²) in [5, 5.41) is 4.92. The monoisotopic (exact) mass is 428 g/mol. The molecule has 5 rings (SSSR count). The van der Waals surface area contributed by atoms with Crippen LogP contribution in [0.2, 0.25) is 5.02 Å². The molecule has 8 heteroatoms. The molecule has 31 heavy (non-hydrogen) atoms. The van der Waals surface area contributed by atoms with E-state index in [0.717, 1.165) is 5.39 Å². The van der Waals surface area contributed by atoms with E-state index < -0.39 is 0 Å². The molecule has 0 aliphatic carbocycles. The van der Waals surface area contributed by atoms with Crippen molar-refractivity contribution in [3.8, 4) is 5.69 Å². The molecular formula is C23H17ClN6O. The van der Waals surface area contributed by atoms with Crippen molar-refractivity contribution in [1.82, 2.24) is 24.5 Å². The van der Waals surface area contributed by atoms with Crippen LogP contribution >= 0.6 is 11.6 Å². The number of halogens is 1. The molecule has 0 saturated heterocycles. The lowest BCUT2D eigenvalue weighted by Crippen LogP contribution is -2.27. The van der Waals surface area contributed by atoms with Crippen molar-refractivity contribution in [1.29, 1.82) is 0 Å². The summed E-state index contributed by atoms with van der Waals surface area (Å²) in [5.41, 5.74) is 1.62. The fourth-order valence-corrected chi connectivity index (χ4v) is 3.85. The molecule has 1 atom stereocenters. The van der Waals surface area contributed by atoms with Crippen molar-refractivity contribution >= 4 is 39.4 Å². The average molecular weight is 429 g/mol. The van der Waals surface area contributed by atoms with Crippen molar-refractivity contribution in [2.24, 2.45) is 0 Å². The number of nitrogens with one attached hydrogen (secondary N) is 1. The molecule has 0 radical (unpaired) electrons. The van der Waals surface area contributed by atoms with Gasteiger partial charge in [-0.3, -0.25) is 9.36 Å². The van der Waals surface area contributed by atoms with Gasteiger partial charge in [0.15, 0.2) is 5.65 Å². The predicted octanol–water partition coefficient (Wildman–Crippen LogP) is 4.55. The topological polar surface area (TPSA) is 85.6 Å². The zero-order valence-corrected chi connectivity index (χ0v) is 17.3. The fourth-order valence-electron chi connectivity index (χ4n) is 3.60. The van der Waals surface area contributed by atoms with Gasteiger partial charge in [-0.25, -0.2) is 19.9 Å². The van der Waals surface area contributed by atoms with Gasteiger partial charge in [-0.05, 0) is 43.3 Å². The average Bonchev–Trinajstić information content (AvgIpc) is 2.79. The minimum absolute atomic E-state index is 0.223. The third-order valence-electron chi connectivity index (χ3n) is 5.04. The zero-order chi connectivity index (χ0) is 21.4. The van der Waals surface area contributed by atoms with E-state index in [1.165, 1.54) is 6.33 Å². The smallest absolute Gasteiger partial charge is 0.267 e. The predicted molar refractivity (Wildman–Crippen MR) is 122 cm³/mol. The maximum Gasteiger partial charge on any atom is 0.267 e. The second kappa shape index (κ2) is 7.77. The van der Waals surface area contributed by atoms with Crippen molar-refractivity contribution in [2.45, 2.75) is 13.0 Å². The molecule has 0 aliphatic rings. The van der Waals surface area contributed by atoms with Gasteiger partial charge >= 0.3 is 0 Å². The van der Waals surface area contributed by atoms with Gasteiger partial charge < -0.3 is 5.32 Å². The molecule has 7 nitrogen and oxygen atoms in total. The first kappa shape index (κ1) is 19.1. The van der Waals surface area contributed by atoms with Crippen LogP contribution in [0, 0.1) is 0 Å². The number of nitrogens with zero attached hydrogens (tertiary/aromatic N) is 5. The summed E-state index contributed by atoms with van der Waals surface area (Å²) in [6, 6.07) is 18.0. The van der Waals surface area contributed by atoms with Crippen LogP contribution in [0.5, 0.6) is 0 Å². The number of hydrogen-bond donors (Lipinski definition) is 1. The Morgan fingerprint density at radius 1 is 0.968 bits per heavy atom. The van der Waals surface area contributed by atoms with E-state index in [1.54, 1.807) is 29.0 Å². The van der Waals surface area contributed by atoms with Crippen LogP contribution in [-0.4, -0.2) is 24.5 Å². The van der Waals surface area contributed by atoms with Crippen LogP contribution < -0.4 is 10.9 Å². The van der Waals surface area contributed by atoms with Crippen LogP contribution in [0.1, 0.15) is 18.8 Å². The van der Waals surface area contributed by atoms with Gasteiger partial charge in [-0.2, -0.15) is 0 Å². The SMILES string of the molecule is C[C@H](Nc1ncnc2ncccc12)c1nc2cccc(Cl)c2c(=O)n1-c1ccccc1. The molecule has 3 aromatic heterocycles. The Labute approximate surface area is 182 Å². The number of para-hydroxylation sites is 1. The van der Waals surface area contributed by atoms with Crippen molar-refractivity contribution in [2.75, 3.05) is 5.32 Å². The number of benzene rings is 2. The van der Waals surface area contributed by atoms with Crippen LogP contribution in [-0.2, 0) is 0 Å². The molecule has 0 spiro atoms. The standard InChI is InChI=1S/C23H17ClN6O/c1-14(28-21-16-9-6-12-25-20(16)26-13-27-21)22-29-18-11-5-10-17(24)19(18)23(31)30(22)15-7-3-2-4-8-15/h2-14H,1H3,(H,25,26,27,28)/t14-/m0/s1. The summed E-state index contributed by atoms with van der Waals surface area (Å²) in [5.74, 6) is 1.16. The number of hydrogen-bond acceptors (Lipinski definition) is 6. The molecule has 0 aliphatic heterocycles. The largest absolute Gasteiger partial charge is 0.360 e. The first-order chi connectivity index (χ1) is 15.1. The summed E-state index contributed by atoms with van der Waals surface area (Å²) in [4.78, 5) is 31.2. The number of rotatable bonds is 4. The summed E-state index contributed by atoms with van der Waals surface area (Å²) in [6.07, 6.45) is 3.15. The van der Waals surface area contributed by atoms with E-state index in [2.05, 4.69) is 20.3 Å². The highest BCUT2D eigenvalue weighted by molar-refractivity contribution is 6.35. The normalized spacial score (nSPS) is 12.2. The summed E-state index contributed by atoms with van der Waals surface area (Å²) in [7, 11) is 0. The van der Waals surface area contributed by atoms with E-state index in [1.807, 2.05) is 49.4 Å². The van der Waals surface area contributed by atoms with E-state index in [-0.39, 0.29) is 11.6 Å². The van der Waals surface area contributed by atoms with Crippen LogP contribution in [0.25, 0.3) is 27.6 Å². The lowest BCUT2D eigenvalue weighted by atomic mass is 10.2. The third kappa shape index (κ3) is 3.39. The van der Waals surface area contributed by atoms with Crippen LogP contribution in [0.15, 0.2) is 78.0 Å². The quantitative estimate of drug-likeness (QED) is 0.452. The van der Waals surface area contributed by atoms with Crippen molar-refractivity contribution in [3.05, 3.63) is 94.4 Å². The minimum Gasteiger partial charge on any atom is -0.360 e. The Morgan fingerprint density at radius 2 is 1.81 bits per heavy atom. The summed E-state index contributed by atoms with van der Waals surface area (Å²) in [6.45, 7) is 1.93. The first-order valence-electron chi connectivity index (χ1n) is 9.72. The third-order valence-corrected chi connectivity index (χ3v) is 5.35. The lowest BCUT2D eigenvalue weighted by Gasteiger charge is -2.20. The molecule has 152 valence electrons. The van der Waals surface area contributed by atoms with E-state index in [0.29, 0.717) is 38.9 Å². The Bertz CT molecular complexity index is 1460. The highest BCUT2D eigenvalue weighted by Crippen LogP contribution is 2.26. The highest BCUT2D eigenvalue weighted by Gasteiger charge is 2.20. The summed E-state index contributed by atoms with van der Waals surface area (Å²) >= 11 is 6.36. The highest BCUT2D eigenvalue weighted by atomic mass is 35.5. The minimum atomic E-state index is -0.352. The summed E-state index contributed by atoms with van der Waals surface area (Å²) < 4.78 is 1.59. The fraction of sp³-hybridized carbons (Fsp3) is 0.0870. The number of fused-ring (bicyclic) bond motifs is 2. The van der Waals surface area contributed by atoms with E-state index >= 15 is 0 Å². The van der Waals surface area contributed by atoms with Crippen molar-refractivity contribution in [3.63, 3.8) is 0 Å². The molecule has 5 aromatic rings. The Kier molecular flexibility index (Phi) is 4.80. The molecule has 0 fully saturated rings. The van der Waals surface area contributed by atoms with E-state index in [9.17, 15) is 4.79 Å². The van der Waals surface area contributed by atoms with Gasteiger partial charge in [0, 0.05) is 6.20 Å². The van der Waals surface area contributed by atoms with Crippen LogP contribution in [0.3, 0.4) is 0 Å². The molecular weight excluding hydrogens is 412 g/mol.